The third kappa shape index (κ3) is 3.75. The van der Waals surface area contributed by atoms with Crippen LogP contribution in [0, 0.1) is 0 Å². The molecule has 1 unspecified atom stereocenters. The standard InChI is InChI=1S/C18H19NOSe/c20-18-17(21-16-10-5-2-6-11-16)12-7-13-19(18)14-15-8-3-1-4-9-15/h1-6,8-11,17H,7,12-14H2. The van der Waals surface area contributed by atoms with Crippen molar-refractivity contribution < 1.29 is 4.79 Å². The molecule has 0 spiro atoms. The Bertz CT molecular complexity index is 533. The van der Waals surface area contributed by atoms with E-state index in [0.29, 0.717) is 5.91 Å². The van der Waals surface area contributed by atoms with Crippen LogP contribution in [0.15, 0.2) is 60.7 Å². The van der Waals surface area contributed by atoms with Crippen molar-refractivity contribution in [3.8, 4) is 0 Å². The van der Waals surface area contributed by atoms with Crippen molar-refractivity contribution in [2.45, 2.75) is 24.2 Å². The molecule has 1 amide bonds. The number of hydrogen-bond acceptors (Lipinski definition) is 1. The van der Waals surface area contributed by atoms with Gasteiger partial charge in [-0.2, -0.15) is 0 Å². The molecule has 1 atom stereocenters. The van der Waals surface area contributed by atoms with Gasteiger partial charge in [0.1, 0.15) is 0 Å². The van der Waals surface area contributed by atoms with Crippen molar-refractivity contribution in [3.63, 3.8) is 0 Å². The SMILES string of the molecule is O=C1C([Se]c2ccccc2)CCCN1Cc1ccccc1. The first-order valence-corrected chi connectivity index (χ1v) is 9.22. The maximum absolute atomic E-state index is 12.7. The predicted octanol–water partition coefficient (Wildman–Crippen LogP) is 2.63. The Morgan fingerprint density at radius 1 is 1.00 bits per heavy atom. The Hall–Kier alpha value is -1.57. The average Bonchev–Trinajstić information content (AvgIpc) is 2.53. The van der Waals surface area contributed by atoms with Gasteiger partial charge in [0.05, 0.1) is 0 Å². The van der Waals surface area contributed by atoms with Gasteiger partial charge in [0.25, 0.3) is 0 Å². The Morgan fingerprint density at radius 3 is 2.38 bits per heavy atom. The molecule has 1 saturated heterocycles. The maximum atomic E-state index is 12.7. The molecular weight excluding hydrogens is 325 g/mol. The fourth-order valence-electron chi connectivity index (χ4n) is 2.64. The quantitative estimate of drug-likeness (QED) is 0.781. The molecule has 108 valence electrons. The Labute approximate surface area is 132 Å². The molecule has 1 aliphatic heterocycles. The van der Waals surface area contributed by atoms with Gasteiger partial charge in [-0.25, -0.2) is 0 Å². The van der Waals surface area contributed by atoms with Crippen molar-refractivity contribution in [1.29, 1.82) is 0 Å². The van der Waals surface area contributed by atoms with Gasteiger partial charge in [-0.15, -0.1) is 0 Å². The summed E-state index contributed by atoms with van der Waals surface area (Å²) in [7, 11) is 0. The third-order valence-corrected chi connectivity index (χ3v) is 6.38. The molecule has 2 aromatic carbocycles. The predicted molar refractivity (Wildman–Crippen MR) is 86.7 cm³/mol. The van der Waals surface area contributed by atoms with Gasteiger partial charge in [0.2, 0.25) is 0 Å². The van der Waals surface area contributed by atoms with Crippen molar-refractivity contribution in [2.24, 2.45) is 0 Å². The van der Waals surface area contributed by atoms with E-state index in [4.69, 9.17) is 0 Å². The molecule has 2 aromatic rings. The van der Waals surface area contributed by atoms with E-state index in [2.05, 4.69) is 36.4 Å². The first kappa shape index (κ1) is 14.4. The summed E-state index contributed by atoms with van der Waals surface area (Å²) in [6.07, 6.45) is 2.16. The summed E-state index contributed by atoms with van der Waals surface area (Å²) in [4.78, 5) is 14.9. The number of likely N-dealkylation sites (tertiary alicyclic amines) is 1. The van der Waals surface area contributed by atoms with Crippen molar-refractivity contribution >= 4 is 25.3 Å². The molecule has 2 nitrogen and oxygen atoms in total. The first-order valence-electron chi connectivity index (χ1n) is 7.37. The molecule has 0 N–H and O–H groups in total. The molecule has 1 heterocycles. The number of piperidine rings is 1. The van der Waals surface area contributed by atoms with E-state index in [1.807, 2.05) is 29.2 Å². The van der Waals surface area contributed by atoms with Gasteiger partial charge >= 0.3 is 132 Å². The second-order valence-corrected chi connectivity index (χ2v) is 7.98. The number of benzene rings is 2. The molecule has 0 bridgehead atoms. The van der Waals surface area contributed by atoms with Gasteiger partial charge in [0, 0.05) is 0 Å². The summed E-state index contributed by atoms with van der Waals surface area (Å²) < 4.78 is 1.32. The summed E-state index contributed by atoms with van der Waals surface area (Å²) >= 11 is 0.244. The normalized spacial score (nSPS) is 18.8. The molecule has 0 saturated carbocycles. The molecule has 3 heteroatoms. The summed E-state index contributed by atoms with van der Waals surface area (Å²) in [5, 5.41) is 0. The summed E-state index contributed by atoms with van der Waals surface area (Å²) in [6, 6.07) is 20.7. The van der Waals surface area contributed by atoms with Gasteiger partial charge in [-0.05, 0) is 0 Å². The number of carbonyl (C=O) groups excluding carboxylic acids is 1. The van der Waals surface area contributed by atoms with Crippen molar-refractivity contribution in [3.05, 3.63) is 66.2 Å². The van der Waals surface area contributed by atoms with Crippen molar-refractivity contribution in [2.75, 3.05) is 6.54 Å². The van der Waals surface area contributed by atoms with Crippen LogP contribution in [-0.4, -0.2) is 32.3 Å². The van der Waals surface area contributed by atoms with Crippen molar-refractivity contribution in [1.82, 2.24) is 4.90 Å². The molecule has 21 heavy (non-hydrogen) atoms. The van der Waals surface area contributed by atoms with Crippen LogP contribution in [0.4, 0.5) is 0 Å². The van der Waals surface area contributed by atoms with Crippen LogP contribution < -0.4 is 4.46 Å². The number of amides is 1. The minimum absolute atomic E-state index is 0.206. The van der Waals surface area contributed by atoms with E-state index in [9.17, 15) is 4.79 Å². The zero-order valence-corrected chi connectivity index (χ0v) is 13.7. The van der Waals surface area contributed by atoms with E-state index in [1.165, 1.54) is 10.0 Å². The summed E-state index contributed by atoms with van der Waals surface area (Å²) in [5.41, 5.74) is 1.22. The third-order valence-electron chi connectivity index (χ3n) is 3.72. The van der Waals surface area contributed by atoms with Gasteiger partial charge in [-0.1, -0.05) is 0 Å². The fourth-order valence-corrected chi connectivity index (χ4v) is 5.11. The minimum atomic E-state index is 0.206. The van der Waals surface area contributed by atoms with Crippen LogP contribution in [0.1, 0.15) is 18.4 Å². The van der Waals surface area contributed by atoms with E-state index in [1.54, 1.807) is 0 Å². The molecule has 0 aromatic heterocycles. The molecule has 0 aliphatic carbocycles. The van der Waals surface area contributed by atoms with Gasteiger partial charge in [-0.3, -0.25) is 0 Å². The Morgan fingerprint density at radius 2 is 1.67 bits per heavy atom. The monoisotopic (exact) mass is 345 g/mol. The first-order chi connectivity index (χ1) is 10.3. The molecule has 1 fully saturated rings. The Kier molecular flexibility index (Phi) is 4.74. The molecule has 3 rings (SSSR count). The Balaban J connectivity index is 1.66. The second kappa shape index (κ2) is 6.93. The number of carbonyl (C=O) groups is 1. The number of rotatable bonds is 4. The summed E-state index contributed by atoms with van der Waals surface area (Å²) in [5.74, 6) is 0.342. The van der Waals surface area contributed by atoms with E-state index < -0.39 is 0 Å². The fraction of sp³-hybridized carbons (Fsp3) is 0.278. The van der Waals surface area contributed by atoms with Gasteiger partial charge < -0.3 is 0 Å². The molecular formula is C18H19NOSe. The topological polar surface area (TPSA) is 20.3 Å². The van der Waals surface area contributed by atoms with Gasteiger partial charge in [0.15, 0.2) is 0 Å². The van der Waals surface area contributed by atoms with Crippen LogP contribution in [-0.2, 0) is 11.3 Å². The number of nitrogens with zero attached hydrogens (tertiary/aromatic N) is 1. The van der Waals surface area contributed by atoms with E-state index in [-0.39, 0.29) is 19.8 Å². The van der Waals surface area contributed by atoms with Crippen LogP contribution in [0.3, 0.4) is 0 Å². The van der Waals surface area contributed by atoms with Crippen LogP contribution in [0.5, 0.6) is 0 Å². The second-order valence-electron chi connectivity index (χ2n) is 5.31. The average molecular weight is 344 g/mol. The van der Waals surface area contributed by atoms with Crippen LogP contribution in [0.25, 0.3) is 0 Å². The zero-order valence-electron chi connectivity index (χ0n) is 11.9. The molecule has 0 radical (unpaired) electrons. The van der Waals surface area contributed by atoms with Crippen LogP contribution in [0.2, 0.25) is 4.82 Å². The number of hydrogen-bond donors (Lipinski definition) is 0. The zero-order chi connectivity index (χ0) is 14.5. The molecule has 1 aliphatic rings. The van der Waals surface area contributed by atoms with E-state index >= 15 is 0 Å². The van der Waals surface area contributed by atoms with E-state index in [0.717, 1.165) is 25.9 Å². The summed E-state index contributed by atoms with van der Waals surface area (Å²) in [6.45, 7) is 1.65. The van der Waals surface area contributed by atoms with Crippen LogP contribution >= 0.6 is 0 Å².